The molecule has 37 heavy (non-hydrogen) atoms. The summed E-state index contributed by atoms with van der Waals surface area (Å²) in [5, 5.41) is 10.2. The first-order chi connectivity index (χ1) is 17.5. The van der Waals surface area contributed by atoms with E-state index in [-0.39, 0.29) is 11.5 Å². The van der Waals surface area contributed by atoms with Gasteiger partial charge in [0.25, 0.3) is 5.91 Å². The van der Waals surface area contributed by atoms with Crippen molar-refractivity contribution >= 4 is 11.9 Å². The molecule has 1 N–H and O–H groups in total. The fourth-order valence-corrected chi connectivity index (χ4v) is 4.70. The molecule has 1 atom stereocenters. The number of carboxylic acid groups (broad SMARTS) is 1. The van der Waals surface area contributed by atoms with E-state index in [4.69, 9.17) is 4.74 Å². The molecule has 1 aliphatic heterocycles. The fraction of sp³-hybridized carbons (Fsp3) is 0.290. The number of benzene rings is 3. The maximum absolute atomic E-state index is 13.8. The number of aliphatic carboxylic acids is 1. The summed E-state index contributed by atoms with van der Waals surface area (Å²) in [6.45, 7) is 9.82. The molecule has 0 bridgehead atoms. The van der Waals surface area contributed by atoms with Crippen molar-refractivity contribution in [1.82, 2.24) is 4.90 Å². The molecule has 3 aromatic carbocycles. The molecule has 5 nitrogen and oxygen atoms in total. The molecule has 0 radical (unpaired) electrons. The summed E-state index contributed by atoms with van der Waals surface area (Å²) in [6, 6.07) is 15.1. The van der Waals surface area contributed by atoms with Crippen LogP contribution in [0.4, 0.5) is 4.39 Å². The number of hydrogen-bond donors (Lipinski definition) is 1. The van der Waals surface area contributed by atoms with Crippen LogP contribution in [0.1, 0.15) is 76.2 Å². The minimum Gasteiger partial charge on any atom is -0.479 e. The highest BCUT2D eigenvalue weighted by Crippen LogP contribution is 2.39. The van der Waals surface area contributed by atoms with Gasteiger partial charge in [0.15, 0.2) is 6.10 Å². The second-order valence-electron chi connectivity index (χ2n) is 10.2. The number of rotatable bonds is 4. The van der Waals surface area contributed by atoms with Gasteiger partial charge in [-0.1, -0.05) is 36.1 Å². The number of carboxylic acids is 1. The van der Waals surface area contributed by atoms with E-state index in [9.17, 15) is 19.1 Å². The Morgan fingerprint density at radius 3 is 2.22 bits per heavy atom. The van der Waals surface area contributed by atoms with Gasteiger partial charge >= 0.3 is 5.97 Å². The van der Waals surface area contributed by atoms with Crippen molar-refractivity contribution in [2.24, 2.45) is 0 Å². The van der Waals surface area contributed by atoms with E-state index in [0.29, 0.717) is 24.2 Å². The number of carbonyl (C=O) groups excluding carboxylic acids is 1. The molecule has 0 unspecified atom stereocenters. The van der Waals surface area contributed by atoms with Crippen LogP contribution in [0, 0.1) is 31.5 Å². The Morgan fingerprint density at radius 2 is 1.62 bits per heavy atom. The van der Waals surface area contributed by atoms with E-state index in [1.165, 1.54) is 18.2 Å². The van der Waals surface area contributed by atoms with Gasteiger partial charge in [-0.05, 0) is 87.2 Å². The van der Waals surface area contributed by atoms with Gasteiger partial charge < -0.3 is 14.7 Å². The summed E-state index contributed by atoms with van der Waals surface area (Å²) in [4.78, 5) is 27.3. The third-order valence-corrected chi connectivity index (χ3v) is 6.44. The van der Waals surface area contributed by atoms with E-state index >= 15 is 0 Å². The van der Waals surface area contributed by atoms with E-state index in [2.05, 4.69) is 11.8 Å². The second-order valence-corrected chi connectivity index (χ2v) is 10.2. The highest BCUT2D eigenvalue weighted by atomic mass is 19.1. The number of fused-ring (bicyclic) bond motifs is 1. The summed E-state index contributed by atoms with van der Waals surface area (Å²) in [6.07, 6.45) is -1.24. The molecule has 1 aliphatic rings. The van der Waals surface area contributed by atoms with Crippen LogP contribution in [0.3, 0.4) is 0 Å². The lowest BCUT2D eigenvalue weighted by atomic mass is 9.86. The first-order valence-corrected chi connectivity index (χ1v) is 12.1. The summed E-state index contributed by atoms with van der Waals surface area (Å²) in [7, 11) is 0. The van der Waals surface area contributed by atoms with Crippen molar-refractivity contribution in [3.63, 3.8) is 0 Å². The molecule has 4 rings (SSSR count). The average Bonchev–Trinajstić information content (AvgIpc) is 3.30. The fourth-order valence-electron chi connectivity index (χ4n) is 4.70. The van der Waals surface area contributed by atoms with Gasteiger partial charge in [-0.15, -0.1) is 0 Å². The standard InChI is InChI=1S/C31H30FNO4/c1-19-24(15-14-21-10-7-6-8-11-21)27(28(30(35)36)37-31(3,4)5)20(2)26-18-33(17-25(19)26)29(34)22-12-9-13-23(32)16-22/h6-13,16,28H,17-18H2,1-5H3,(H,35,36)/t28-/m0/s1. The smallest absolute Gasteiger partial charge is 0.337 e. The van der Waals surface area contributed by atoms with Crippen molar-refractivity contribution in [3.8, 4) is 11.8 Å². The van der Waals surface area contributed by atoms with Crippen LogP contribution in [0.15, 0.2) is 54.6 Å². The summed E-state index contributed by atoms with van der Waals surface area (Å²) >= 11 is 0. The largest absolute Gasteiger partial charge is 0.479 e. The summed E-state index contributed by atoms with van der Waals surface area (Å²) in [5.74, 6) is 4.53. The zero-order valence-corrected chi connectivity index (χ0v) is 21.7. The Hall–Kier alpha value is -3.95. The van der Waals surface area contributed by atoms with Crippen molar-refractivity contribution in [1.29, 1.82) is 0 Å². The molecule has 1 amide bonds. The molecule has 190 valence electrons. The van der Waals surface area contributed by atoms with Gasteiger partial charge in [-0.3, -0.25) is 4.79 Å². The van der Waals surface area contributed by atoms with E-state index < -0.39 is 23.5 Å². The Balaban J connectivity index is 1.86. The zero-order valence-electron chi connectivity index (χ0n) is 21.7. The molecule has 0 saturated heterocycles. The molecule has 6 heteroatoms. The monoisotopic (exact) mass is 499 g/mol. The number of halogens is 1. The summed E-state index contributed by atoms with van der Waals surface area (Å²) < 4.78 is 19.8. The van der Waals surface area contributed by atoms with Crippen LogP contribution >= 0.6 is 0 Å². The molecular formula is C31H30FNO4. The molecular weight excluding hydrogens is 469 g/mol. The minimum atomic E-state index is -1.24. The predicted molar refractivity (Wildman–Crippen MR) is 140 cm³/mol. The predicted octanol–water partition coefficient (Wildman–Crippen LogP) is 5.94. The lowest BCUT2D eigenvalue weighted by molar-refractivity contribution is -0.160. The highest BCUT2D eigenvalue weighted by Gasteiger charge is 2.36. The van der Waals surface area contributed by atoms with Crippen LogP contribution in [0.25, 0.3) is 0 Å². The molecule has 0 fully saturated rings. The SMILES string of the molecule is Cc1c(C#Cc2ccccc2)c([C@H](OC(C)(C)C)C(=O)O)c(C)c2c1CN(C(=O)c1cccc(F)c1)C2. The van der Waals surface area contributed by atoms with Crippen molar-refractivity contribution in [3.05, 3.63) is 105 Å². The van der Waals surface area contributed by atoms with Gasteiger partial charge in [0.1, 0.15) is 5.82 Å². The Labute approximate surface area is 216 Å². The van der Waals surface area contributed by atoms with Crippen LogP contribution in [0.5, 0.6) is 0 Å². The normalized spacial score (nSPS) is 13.5. The zero-order chi connectivity index (χ0) is 26.9. The Morgan fingerprint density at radius 1 is 0.973 bits per heavy atom. The molecule has 1 heterocycles. The Bertz CT molecular complexity index is 1430. The van der Waals surface area contributed by atoms with Crippen molar-refractivity contribution in [2.45, 2.75) is 59.4 Å². The third-order valence-electron chi connectivity index (χ3n) is 6.44. The summed E-state index contributed by atoms with van der Waals surface area (Å²) in [5.41, 5.74) is 4.82. The quantitative estimate of drug-likeness (QED) is 0.451. The van der Waals surface area contributed by atoms with Crippen LogP contribution in [0.2, 0.25) is 0 Å². The maximum atomic E-state index is 13.8. The van der Waals surface area contributed by atoms with Gasteiger partial charge in [0.05, 0.1) is 5.60 Å². The number of ether oxygens (including phenoxy) is 1. The maximum Gasteiger partial charge on any atom is 0.337 e. The van der Waals surface area contributed by atoms with Crippen LogP contribution < -0.4 is 0 Å². The van der Waals surface area contributed by atoms with E-state index in [1.54, 1.807) is 11.0 Å². The van der Waals surface area contributed by atoms with E-state index in [0.717, 1.165) is 27.8 Å². The number of nitrogens with zero attached hydrogens (tertiary/aromatic N) is 1. The van der Waals surface area contributed by atoms with Gasteiger partial charge in [0.2, 0.25) is 0 Å². The van der Waals surface area contributed by atoms with Crippen LogP contribution in [-0.2, 0) is 22.6 Å². The van der Waals surface area contributed by atoms with Crippen molar-refractivity contribution in [2.75, 3.05) is 0 Å². The topological polar surface area (TPSA) is 66.8 Å². The van der Waals surface area contributed by atoms with Crippen LogP contribution in [-0.4, -0.2) is 27.5 Å². The first kappa shape index (κ1) is 26.1. The minimum absolute atomic E-state index is 0.270. The molecule has 0 saturated carbocycles. The Kier molecular flexibility index (Phi) is 7.20. The van der Waals surface area contributed by atoms with Gasteiger partial charge in [-0.25, -0.2) is 9.18 Å². The van der Waals surface area contributed by atoms with Gasteiger partial charge in [-0.2, -0.15) is 0 Å². The molecule has 3 aromatic rings. The lowest BCUT2D eigenvalue weighted by Gasteiger charge is -2.28. The molecule has 0 aromatic heterocycles. The lowest BCUT2D eigenvalue weighted by Crippen LogP contribution is -2.29. The van der Waals surface area contributed by atoms with Crippen molar-refractivity contribution < 1.29 is 23.8 Å². The number of hydrogen-bond acceptors (Lipinski definition) is 3. The number of amides is 1. The van der Waals surface area contributed by atoms with Gasteiger partial charge in [0, 0.05) is 35.3 Å². The second kappa shape index (κ2) is 10.2. The first-order valence-electron chi connectivity index (χ1n) is 12.1. The molecule has 0 aliphatic carbocycles. The van der Waals surface area contributed by atoms with E-state index in [1.807, 2.05) is 65.0 Å². The highest BCUT2D eigenvalue weighted by molar-refractivity contribution is 5.94. The average molecular weight is 500 g/mol. The molecule has 0 spiro atoms. The number of carbonyl (C=O) groups is 2. The third kappa shape index (κ3) is 5.58.